The van der Waals surface area contributed by atoms with Crippen LogP contribution in [0.3, 0.4) is 0 Å². The van der Waals surface area contributed by atoms with E-state index in [0.29, 0.717) is 6.04 Å². The van der Waals surface area contributed by atoms with Gasteiger partial charge in [0.25, 0.3) is 0 Å². The number of aryl methyl sites for hydroxylation is 3. The molecule has 1 atom stereocenters. The second-order valence-electron chi connectivity index (χ2n) is 6.38. The lowest BCUT2D eigenvalue weighted by Gasteiger charge is -2.21. The lowest BCUT2D eigenvalue weighted by Crippen LogP contribution is -2.24. The Bertz CT molecular complexity index is 720. The predicted octanol–water partition coefficient (Wildman–Crippen LogP) is 1.65. The summed E-state index contributed by atoms with van der Waals surface area (Å²) in [5, 5.41) is 8.04. The number of fused-ring (bicyclic) bond motifs is 1. The Morgan fingerprint density at radius 1 is 1.18 bits per heavy atom. The quantitative estimate of drug-likeness (QED) is 0.913. The molecule has 0 radical (unpaired) electrons. The number of hydrogen-bond donors (Lipinski definition) is 1. The van der Waals surface area contributed by atoms with E-state index in [0.717, 1.165) is 55.6 Å². The Hall–Kier alpha value is -1.95. The first kappa shape index (κ1) is 13.7. The SMILES string of the molecule is Cc1cc(C)n(C2CCN(c3nc(C)nc4c3CNC4)C2)n1. The zero-order valence-corrected chi connectivity index (χ0v) is 13.4. The van der Waals surface area contributed by atoms with E-state index < -0.39 is 0 Å². The maximum absolute atomic E-state index is 4.73. The van der Waals surface area contributed by atoms with Crippen molar-refractivity contribution in [1.82, 2.24) is 25.1 Å². The minimum absolute atomic E-state index is 0.439. The van der Waals surface area contributed by atoms with Crippen LogP contribution in [0.2, 0.25) is 0 Å². The molecule has 1 N–H and O–H groups in total. The van der Waals surface area contributed by atoms with Crippen LogP contribution in [0.4, 0.5) is 5.82 Å². The van der Waals surface area contributed by atoms with Crippen molar-refractivity contribution in [3.63, 3.8) is 0 Å². The van der Waals surface area contributed by atoms with Crippen molar-refractivity contribution >= 4 is 5.82 Å². The van der Waals surface area contributed by atoms with E-state index in [1.807, 2.05) is 6.92 Å². The topological polar surface area (TPSA) is 58.9 Å². The lowest BCUT2D eigenvalue weighted by atomic mass is 10.2. The molecule has 0 saturated carbocycles. The number of nitrogens with one attached hydrogen (secondary N) is 1. The zero-order valence-electron chi connectivity index (χ0n) is 13.4. The number of aromatic nitrogens is 4. The monoisotopic (exact) mass is 298 g/mol. The fraction of sp³-hybridized carbons (Fsp3) is 0.562. The highest BCUT2D eigenvalue weighted by atomic mass is 15.3. The van der Waals surface area contributed by atoms with Crippen LogP contribution >= 0.6 is 0 Å². The van der Waals surface area contributed by atoms with E-state index in [4.69, 9.17) is 4.98 Å². The van der Waals surface area contributed by atoms with Gasteiger partial charge in [0.15, 0.2) is 0 Å². The highest BCUT2D eigenvalue weighted by molar-refractivity contribution is 5.51. The first-order valence-electron chi connectivity index (χ1n) is 7.96. The summed E-state index contributed by atoms with van der Waals surface area (Å²) < 4.78 is 2.18. The van der Waals surface area contributed by atoms with Crippen molar-refractivity contribution in [2.24, 2.45) is 0 Å². The average molecular weight is 298 g/mol. The molecule has 6 heteroatoms. The first-order chi connectivity index (χ1) is 10.6. The summed E-state index contributed by atoms with van der Waals surface area (Å²) in [7, 11) is 0. The summed E-state index contributed by atoms with van der Waals surface area (Å²) in [4.78, 5) is 11.7. The minimum Gasteiger partial charge on any atom is -0.354 e. The standard InChI is InChI=1S/C16H22N6/c1-10-6-11(2)22(20-10)13-4-5-21(9-13)16-14-7-17-8-15(14)18-12(3)19-16/h6,13,17H,4-5,7-9H2,1-3H3. The van der Waals surface area contributed by atoms with Crippen LogP contribution < -0.4 is 10.2 Å². The molecule has 2 aromatic rings. The van der Waals surface area contributed by atoms with Crippen molar-refractivity contribution < 1.29 is 0 Å². The summed E-state index contributed by atoms with van der Waals surface area (Å²) in [5.41, 5.74) is 4.78. The van der Waals surface area contributed by atoms with Crippen LogP contribution in [-0.2, 0) is 13.1 Å². The van der Waals surface area contributed by atoms with E-state index in [1.165, 1.54) is 11.3 Å². The summed E-state index contributed by atoms with van der Waals surface area (Å²) in [6.07, 6.45) is 1.12. The van der Waals surface area contributed by atoms with Crippen LogP contribution in [0, 0.1) is 20.8 Å². The van der Waals surface area contributed by atoms with Gasteiger partial charge in [-0.1, -0.05) is 0 Å². The smallest absolute Gasteiger partial charge is 0.137 e. The van der Waals surface area contributed by atoms with Gasteiger partial charge >= 0.3 is 0 Å². The predicted molar refractivity (Wildman–Crippen MR) is 84.9 cm³/mol. The fourth-order valence-electron chi connectivity index (χ4n) is 3.68. The third-order valence-electron chi connectivity index (χ3n) is 4.63. The van der Waals surface area contributed by atoms with Gasteiger partial charge in [-0.15, -0.1) is 0 Å². The van der Waals surface area contributed by atoms with Gasteiger partial charge in [0, 0.05) is 37.4 Å². The van der Waals surface area contributed by atoms with Gasteiger partial charge in [-0.05, 0) is 33.3 Å². The van der Waals surface area contributed by atoms with Gasteiger partial charge in [0.05, 0.1) is 17.4 Å². The summed E-state index contributed by atoms with van der Waals surface area (Å²) in [6, 6.07) is 2.59. The molecule has 0 bridgehead atoms. The van der Waals surface area contributed by atoms with Gasteiger partial charge in [-0.25, -0.2) is 9.97 Å². The maximum atomic E-state index is 4.73. The second kappa shape index (κ2) is 5.05. The summed E-state index contributed by atoms with van der Waals surface area (Å²) in [5.74, 6) is 1.99. The van der Waals surface area contributed by atoms with Crippen LogP contribution in [0.5, 0.6) is 0 Å². The van der Waals surface area contributed by atoms with E-state index >= 15 is 0 Å². The first-order valence-corrected chi connectivity index (χ1v) is 7.96. The fourth-order valence-corrected chi connectivity index (χ4v) is 3.68. The highest BCUT2D eigenvalue weighted by Gasteiger charge is 2.30. The van der Waals surface area contributed by atoms with Crippen LogP contribution in [0.25, 0.3) is 0 Å². The molecular formula is C16H22N6. The molecule has 22 heavy (non-hydrogen) atoms. The van der Waals surface area contributed by atoms with E-state index in [1.54, 1.807) is 0 Å². The molecule has 0 amide bonds. The zero-order chi connectivity index (χ0) is 15.3. The Balaban J connectivity index is 1.62. The van der Waals surface area contributed by atoms with Gasteiger partial charge in [0.2, 0.25) is 0 Å². The third-order valence-corrected chi connectivity index (χ3v) is 4.63. The molecule has 0 aliphatic carbocycles. The van der Waals surface area contributed by atoms with Crippen LogP contribution in [-0.4, -0.2) is 32.8 Å². The van der Waals surface area contributed by atoms with Crippen molar-refractivity contribution in [1.29, 1.82) is 0 Å². The van der Waals surface area contributed by atoms with Gasteiger partial charge in [-0.2, -0.15) is 5.10 Å². The summed E-state index contributed by atoms with van der Waals surface area (Å²) in [6.45, 7) is 9.93. The molecule has 1 unspecified atom stereocenters. The van der Waals surface area contributed by atoms with E-state index in [9.17, 15) is 0 Å². The van der Waals surface area contributed by atoms with Gasteiger partial charge in [0.1, 0.15) is 11.6 Å². The molecule has 4 heterocycles. The number of hydrogen-bond acceptors (Lipinski definition) is 5. The molecule has 2 aliphatic heterocycles. The third kappa shape index (κ3) is 2.18. The highest BCUT2D eigenvalue weighted by Crippen LogP contribution is 2.31. The molecule has 1 fully saturated rings. The second-order valence-corrected chi connectivity index (χ2v) is 6.38. The average Bonchev–Trinajstić information content (AvgIpc) is 3.17. The van der Waals surface area contributed by atoms with Crippen molar-refractivity contribution in [2.45, 2.75) is 46.3 Å². The van der Waals surface area contributed by atoms with Crippen LogP contribution in [0.15, 0.2) is 6.07 Å². The van der Waals surface area contributed by atoms with Crippen molar-refractivity contribution in [2.75, 3.05) is 18.0 Å². The molecule has 4 rings (SSSR count). The van der Waals surface area contributed by atoms with E-state index in [2.05, 4.69) is 44.9 Å². The number of nitrogens with zero attached hydrogens (tertiary/aromatic N) is 5. The molecule has 0 spiro atoms. The van der Waals surface area contributed by atoms with Crippen molar-refractivity contribution in [3.8, 4) is 0 Å². The Labute approximate surface area is 130 Å². The van der Waals surface area contributed by atoms with Gasteiger partial charge < -0.3 is 10.2 Å². The molecule has 2 aliphatic rings. The van der Waals surface area contributed by atoms with E-state index in [-0.39, 0.29) is 0 Å². The molecule has 116 valence electrons. The molecular weight excluding hydrogens is 276 g/mol. The Morgan fingerprint density at radius 3 is 2.82 bits per heavy atom. The summed E-state index contributed by atoms with van der Waals surface area (Å²) >= 11 is 0. The van der Waals surface area contributed by atoms with Gasteiger partial charge in [-0.3, -0.25) is 4.68 Å². The largest absolute Gasteiger partial charge is 0.354 e. The Kier molecular flexibility index (Phi) is 3.14. The minimum atomic E-state index is 0.439. The number of anilines is 1. The molecule has 0 aromatic carbocycles. The maximum Gasteiger partial charge on any atom is 0.137 e. The lowest BCUT2D eigenvalue weighted by molar-refractivity contribution is 0.481. The normalized spacial score (nSPS) is 20.7. The molecule has 1 saturated heterocycles. The van der Waals surface area contributed by atoms with Crippen LogP contribution in [0.1, 0.15) is 40.9 Å². The molecule has 6 nitrogen and oxygen atoms in total. The van der Waals surface area contributed by atoms with Crippen molar-refractivity contribution in [3.05, 3.63) is 34.5 Å². The molecule has 2 aromatic heterocycles. The Morgan fingerprint density at radius 2 is 2.05 bits per heavy atom. The number of rotatable bonds is 2.